The van der Waals surface area contributed by atoms with Gasteiger partial charge in [0, 0.05) is 38.1 Å². The van der Waals surface area contributed by atoms with E-state index in [1.807, 2.05) is 17.1 Å². The van der Waals surface area contributed by atoms with Crippen LogP contribution in [0.15, 0.2) is 24.5 Å². The second-order valence-electron chi connectivity index (χ2n) is 5.88. The summed E-state index contributed by atoms with van der Waals surface area (Å²) in [5, 5.41) is 12.3. The van der Waals surface area contributed by atoms with E-state index in [-0.39, 0.29) is 12.4 Å². The normalized spacial score (nSPS) is 11.1. The maximum Gasteiger partial charge on any atom is 0.0762 e. The highest BCUT2D eigenvalue weighted by Crippen LogP contribution is 2.06. The number of rotatable bonds is 7. The second kappa shape index (κ2) is 8.20. The lowest BCUT2D eigenvalue weighted by atomic mass is 10.2. The lowest BCUT2D eigenvalue weighted by Gasteiger charge is -2.10. The molecule has 1 N–H and O–H groups in total. The molecule has 0 aliphatic rings. The van der Waals surface area contributed by atoms with Gasteiger partial charge in [0.2, 0.25) is 0 Å². The molecule has 2 aromatic rings. The van der Waals surface area contributed by atoms with Crippen LogP contribution >= 0.6 is 12.4 Å². The van der Waals surface area contributed by atoms with Gasteiger partial charge in [-0.2, -0.15) is 10.2 Å². The van der Waals surface area contributed by atoms with Crippen LogP contribution in [0.2, 0.25) is 0 Å². The van der Waals surface area contributed by atoms with Crippen molar-refractivity contribution in [2.24, 2.45) is 5.92 Å². The van der Waals surface area contributed by atoms with Crippen LogP contribution in [0.1, 0.15) is 45.1 Å². The summed E-state index contributed by atoms with van der Waals surface area (Å²) in [5.74, 6) is 0.607. The molecule has 0 amide bonds. The summed E-state index contributed by atoms with van der Waals surface area (Å²) in [6.07, 6.45) is 3.90. The predicted molar refractivity (Wildman–Crippen MR) is 87.5 cm³/mol. The molecule has 2 aromatic heterocycles. The first kappa shape index (κ1) is 17.7. The van der Waals surface area contributed by atoms with Gasteiger partial charge in [-0.05, 0) is 31.9 Å². The van der Waals surface area contributed by atoms with E-state index < -0.39 is 0 Å². The highest BCUT2D eigenvalue weighted by atomic mass is 35.5. The summed E-state index contributed by atoms with van der Waals surface area (Å²) in [5.41, 5.74) is 2.30. The Morgan fingerprint density at radius 2 is 1.90 bits per heavy atom. The highest BCUT2D eigenvalue weighted by Gasteiger charge is 2.05. The van der Waals surface area contributed by atoms with Crippen molar-refractivity contribution in [1.82, 2.24) is 24.9 Å². The third-order valence-corrected chi connectivity index (χ3v) is 3.15. The van der Waals surface area contributed by atoms with Crippen molar-refractivity contribution in [3.8, 4) is 0 Å². The zero-order valence-electron chi connectivity index (χ0n) is 13.3. The van der Waals surface area contributed by atoms with E-state index in [1.165, 1.54) is 5.69 Å². The minimum atomic E-state index is 0. The Morgan fingerprint density at radius 1 is 1.14 bits per heavy atom. The summed E-state index contributed by atoms with van der Waals surface area (Å²) in [7, 11) is 0. The molecule has 5 nitrogen and oxygen atoms in total. The van der Waals surface area contributed by atoms with Crippen LogP contribution in [-0.2, 0) is 19.6 Å². The van der Waals surface area contributed by atoms with Crippen molar-refractivity contribution < 1.29 is 0 Å². The average Bonchev–Trinajstić information content (AvgIpc) is 2.99. The molecule has 0 atom stereocenters. The fraction of sp³-hybridized carbons (Fsp3) is 0.600. The van der Waals surface area contributed by atoms with E-state index >= 15 is 0 Å². The van der Waals surface area contributed by atoms with Crippen LogP contribution in [0.25, 0.3) is 0 Å². The summed E-state index contributed by atoms with van der Waals surface area (Å²) >= 11 is 0. The Balaban J connectivity index is 0.00000220. The fourth-order valence-corrected chi connectivity index (χ4v) is 2.10. The first-order valence-corrected chi connectivity index (χ1v) is 7.31. The molecule has 0 saturated carbocycles. The molecule has 0 unspecified atom stereocenters. The zero-order chi connectivity index (χ0) is 14.5. The van der Waals surface area contributed by atoms with Gasteiger partial charge < -0.3 is 5.32 Å². The standard InChI is InChI=1S/C15H25N5.ClH/c1-12(2)11-20-15(5-7-17-20)10-16-9-14-6-8-19(18-14)13(3)4;/h5-8,12-13,16H,9-11H2,1-4H3;1H. The Bertz CT molecular complexity index is 530. The molecule has 6 heteroatoms. The van der Waals surface area contributed by atoms with Gasteiger partial charge in [0.15, 0.2) is 0 Å². The Morgan fingerprint density at radius 3 is 2.52 bits per heavy atom. The van der Waals surface area contributed by atoms with Gasteiger partial charge in [-0.25, -0.2) is 0 Å². The fourth-order valence-electron chi connectivity index (χ4n) is 2.10. The molecule has 0 radical (unpaired) electrons. The molecule has 2 heterocycles. The van der Waals surface area contributed by atoms with E-state index in [2.05, 4.69) is 60.0 Å². The van der Waals surface area contributed by atoms with Gasteiger partial charge in [-0.15, -0.1) is 12.4 Å². The second-order valence-corrected chi connectivity index (χ2v) is 5.88. The first-order chi connectivity index (χ1) is 9.56. The molecule has 0 aromatic carbocycles. The largest absolute Gasteiger partial charge is 0.305 e. The van der Waals surface area contributed by atoms with Crippen LogP contribution in [0.4, 0.5) is 0 Å². The highest BCUT2D eigenvalue weighted by molar-refractivity contribution is 5.85. The third kappa shape index (κ3) is 5.17. The van der Waals surface area contributed by atoms with E-state index in [9.17, 15) is 0 Å². The number of aromatic nitrogens is 4. The van der Waals surface area contributed by atoms with Crippen LogP contribution in [-0.4, -0.2) is 19.6 Å². The van der Waals surface area contributed by atoms with Gasteiger partial charge in [-0.3, -0.25) is 9.36 Å². The number of hydrogen-bond acceptors (Lipinski definition) is 3. The van der Waals surface area contributed by atoms with Crippen LogP contribution in [0.3, 0.4) is 0 Å². The van der Waals surface area contributed by atoms with Crippen molar-refractivity contribution in [2.45, 2.75) is 53.4 Å². The Labute approximate surface area is 133 Å². The SMILES string of the molecule is CC(C)Cn1nccc1CNCc1ccn(C(C)C)n1.Cl. The number of hydrogen-bond donors (Lipinski definition) is 1. The van der Waals surface area contributed by atoms with E-state index in [1.54, 1.807) is 0 Å². The maximum atomic E-state index is 4.53. The van der Waals surface area contributed by atoms with Crippen molar-refractivity contribution in [3.63, 3.8) is 0 Å². The lowest BCUT2D eigenvalue weighted by molar-refractivity contribution is 0.460. The number of nitrogens with zero attached hydrogens (tertiary/aromatic N) is 4. The van der Waals surface area contributed by atoms with Crippen LogP contribution in [0, 0.1) is 5.92 Å². The topological polar surface area (TPSA) is 47.7 Å². The third-order valence-electron chi connectivity index (χ3n) is 3.15. The average molecular weight is 312 g/mol. The maximum absolute atomic E-state index is 4.53. The van der Waals surface area contributed by atoms with Crippen molar-refractivity contribution in [1.29, 1.82) is 0 Å². The Kier molecular flexibility index (Phi) is 6.92. The minimum absolute atomic E-state index is 0. The van der Waals surface area contributed by atoms with Crippen molar-refractivity contribution >= 4 is 12.4 Å². The van der Waals surface area contributed by atoms with Gasteiger partial charge >= 0.3 is 0 Å². The van der Waals surface area contributed by atoms with E-state index in [0.717, 1.165) is 25.3 Å². The molecule has 2 rings (SSSR count). The summed E-state index contributed by atoms with van der Waals surface area (Å²) < 4.78 is 4.06. The van der Waals surface area contributed by atoms with Gasteiger partial charge in [-0.1, -0.05) is 13.8 Å². The number of nitrogens with one attached hydrogen (secondary N) is 1. The zero-order valence-corrected chi connectivity index (χ0v) is 14.1. The summed E-state index contributed by atoms with van der Waals surface area (Å²) in [4.78, 5) is 0. The molecule has 0 bridgehead atoms. The molecule has 0 spiro atoms. The monoisotopic (exact) mass is 311 g/mol. The lowest BCUT2D eigenvalue weighted by Crippen LogP contribution is -2.18. The van der Waals surface area contributed by atoms with Crippen molar-refractivity contribution in [3.05, 3.63) is 35.9 Å². The Hall–Kier alpha value is -1.33. The predicted octanol–water partition coefficient (Wildman–Crippen LogP) is 3.03. The molecule has 0 saturated heterocycles. The molecule has 118 valence electrons. The number of halogens is 1. The summed E-state index contributed by atoms with van der Waals surface area (Å²) in [6, 6.07) is 4.55. The molecule has 0 fully saturated rings. The quantitative estimate of drug-likeness (QED) is 0.855. The smallest absolute Gasteiger partial charge is 0.0762 e. The van der Waals surface area contributed by atoms with E-state index in [4.69, 9.17) is 0 Å². The molecule has 21 heavy (non-hydrogen) atoms. The van der Waals surface area contributed by atoms with Crippen LogP contribution < -0.4 is 5.32 Å². The van der Waals surface area contributed by atoms with Crippen LogP contribution in [0.5, 0.6) is 0 Å². The van der Waals surface area contributed by atoms with E-state index in [0.29, 0.717) is 12.0 Å². The molecular formula is C15H26ClN5. The van der Waals surface area contributed by atoms with Gasteiger partial charge in [0.05, 0.1) is 11.4 Å². The van der Waals surface area contributed by atoms with Crippen molar-refractivity contribution in [2.75, 3.05) is 0 Å². The van der Waals surface area contributed by atoms with Gasteiger partial charge in [0.25, 0.3) is 0 Å². The molecule has 0 aliphatic heterocycles. The molecule has 0 aliphatic carbocycles. The first-order valence-electron chi connectivity index (χ1n) is 7.31. The minimum Gasteiger partial charge on any atom is -0.305 e. The van der Waals surface area contributed by atoms with Gasteiger partial charge in [0.1, 0.15) is 0 Å². The summed E-state index contributed by atoms with van der Waals surface area (Å²) in [6.45, 7) is 11.2. The molecular weight excluding hydrogens is 286 g/mol.